The molecule has 1 N–H and O–H groups in total. The van der Waals surface area contributed by atoms with Crippen LogP contribution in [0.2, 0.25) is 0 Å². The van der Waals surface area contributed by atoms with Crippen molar-refractivity contribution in [2.24, 2.45) is 0 Å². The van der Waals surface area contributed by atoms with E-state index in [1.807, 2.05) is 41.3 Å². The fraction of sp³-hybridized carbons (Fsp3) is 0.409. The van der Waals surface area contributed by atoms with Crippen LogP contribution < -0.4 is 4.90 Å². The second kappa shape index (κ2) is 8.44. The number of hydrogen-bond acceptors (Lipinski definition) is 4. The van der Waals surface area contributed by atoms with Gasteiger partial charge in [-0.25, -0.2) is 0 Å². The molecule has 5 heteroatoms. The zero-order valence-electron chi connectivity index (χ0n) is 16.4. The number of aromatic hydroxyl groups is 1. The molecule has 1 atom stereocenters. The second-order valence-corrected chi connectivity index (χ2v) is 7.55. The molecule has 0 saturated carbocycles. The maximum Gasteiger partial charge on any atom is 0.253 e. The number of benzene rings is 2. The summed E-state index contributed by atoms with van der Waals surface area (Å²) in [7, 11) is 4.10. The molecule has 1 heterocycles. The number of hydrogen-bond donors (Lipinski definition) is 1. The maximum absolute atomic E-state index is 12.6. The molecule has 1 unspecified atom stereocenters. The van der Waals surface area contributed by atoms with Gasteiger partial charge in [-0.3, -0.25) is 4.79 Å². The van der Waals surface area contributed by atoms with Crippen molar-refractivity contribution in [2.75, 3.05) is 38.6 Å². The number of phenolic OH excluding ortho intramolecular Hbond substituents is 1. The lowest BCUT2D eigenvalue weighted by molar-refractivity contribution is 0.0793. The highest BCUT2D eigenvalue weighted by atomic mass is 16.3. The van der Waals surface area contributed by atoms with E-state index in [1.165, 1.54) is 0 Å². The molecule has 1 saturated heterocycles. The lowest BCUT2D eigenvalue weighted by Crippen LogP contribution is -2.37. The highest BCUT2D eigenvalue weighted by Crippen LogP contribution is 2.31. The Bertz CT molecular complexity index is 767. The third kappa shape index (κ3) is 4.61. The number of nitrogens with zero attached hydrogens (tertiary/aromatic N) is 3. The van der Waals surface area contributed by atoms with Crippen LogP contribution in [0.4, 0.5) is 11.4 Å². The Kier molecular flexibility index (Phi) is 6.01. The SMILES string of the molecule is CC(CN(C)C)N(c1ccc(C(=O)N2CCCC2)cc1)c1cccc(O)c1. The smallest absolute Gasteiger partial charge is 0.253 e. The van der Waals surface area contributed by atoms with Crippen LogP contribution in [0, 0.1) is 0 Å². The van der Waals surface area contributed by atoms with Gasteiger partial charge in [0.25, 0.3) is 5.91 Å². The van der Waals surface area contributed by atoms with E-state index in [4.69, 9.17) is 0 Å². The molecule has 0 bridgehead atoms. The topological polar surface area (TPSA) is 47.0 Å². The van der Waals surface area contributed by atoms with Crippen LogP contribution in [-0.4, -0.2) is 60.6 Å². The molecule has 1 aliphatic rings. The van der Waals surface area contributed by atoms with Crippen molar-refractivity contribution < 1.29 is 9.90 Å². The minimum atomic E-state index is 0.115. The van der Waals surface area contributed by atoms with Gasteiger partial charge in [-0.1, -0.05) is 6.07 Å². The predicted octanol–water partition coefficient (Wildman–Crippen LogP) is 3.72. The van der Waals surface area contributed by atoms with Crippen LogP contribution in [0.15, 0.2) is 48.5 Å². The first kappa shape index (κ1) is 19.2. The number of amides is 1. The third-order valence-corrected chi connectivity index (χ3v) is 4.96. The summed E-state index contributed by atoms with van der Waals surface area (Å²) in [6.07, 6.45) is 2.19. The first-order valence-corrected chi connectivity index (χ1v) is 9.58. The standard InChI is InChI=1S/C22H29N3O2/c1-17(16-23(2)3)25(20-7-6-8-21(26)15-20)19-11-9-18(10-12-19)22(27)24-13-4-5-14-24/h6-12,15,17,26H,4-5,13-14,16H2,1-3H3. The van der Waals surface area contributed by atoms with Gasteiger partial charge in [0.1, 0.15) is 5.75 Å². The lowest BCUT2D eigenvalue weighted by Gasteiger charge is -2.33. The molecule has 1 fully saturated rings. The molecule has 1 amide bonds. The van der Waals surface area contributed by atoms with Gasteiger partial charge < -0.3 is 19.8 Å². The fourth-order valence-corrected chi connectivity index (χ4v) is 3.78. The molecular formula is C22H29N3O2. The van der Waals surface area contributed by atoms with Gasteiger partial charge in [0.05, 0.1) is 0 Å². The summed E-state index contributed by atoms with van der Waals surface area (Å²) in [4.78, 5) is 18.9. The van der Waals surface area contributed by atoms with Crippen LogP contribution in [0.5, 0.6) is 5.75 Å². The summed E-state index contributed by atoms with van der Waals surface area (Å²) in [6.45, 7) is 4.74. The Labute approximate surface area is 161 Å². The molecule has 0 spiro atoms. The van der Waals surface area contributed by atoms with Crippen molar-refractivity contribution in [3.63, 3.8) is 0 Å². The van der Waals surface area contributed by atoms with Gasteiger partial charge in [-0.05, 0) is 70.3 Å². The molecule has 5 nitrogen and oxygen atoms in total. The molecule has 27 heavy (non-hydrogen) atoms. The molecular weight excluding hydrogens is 338 g/mol. The first-order chi connectivity index (χ1) is 13.0. The number of likely N-dealkylation sites (tertiary alicyclic amines) is 1. The normalized spacial score (nSPS) is 15.2. The summed E-state index contributed by atoms with van der Waals surface area (Å²) in [5.74, 6) is 0.361. The highest BCUT2D eigenvalue weighted by Gasteiger charge is 2.21. The van der Waals surface area contributed by atoms with E-state index in [1.54, 1.807) is 12.1 Å². The molecule has 144 valence electrons. The summed E-state index contributed by atoms with van der Waals surface area (Å²) in [5, 5.41) is 9.92. The molecule has 0 radical (unpaired) electrons. The minimum Gasteiger partial charge on any atom is -0.508 e. The first-order valence-electron chi connectivity index (χ1n) is 9.58. The number of anilines is 2. The van der Waals surface area contributed by atoms with E-state index in [-0.39, 0.29) is 17.7 Å². The van der Waals surface area contributed by atoms with E-state index in [0.29, 0.717) is 0 Å². The molecule has 3 rings (SSSR count). The minimum absolute atomic E-state index is 0.115. The van der Waals surface area contributed by atoms with Crippen LogP contribution in [0.3, 0.4) is 0 Å². The van der Waals surface area contributed by atoms with Crippen molar-refractivity contribution in [1.82, 2.24) is 9.80 Å². The zero-order valence-corrected chi connectivity index (χ0v) is 16.4. The number of likely N-dealkylation sites (N-methyl/N-ethyl adjacent to an activating group) is 1. The van der Waals surface area contributed by atoms with Crippen molar-refractivity contribution in [3.05, 3.63) is 54.1 Å². The second-order valence-electron chi connectivity index (χ2n) is 7.55. The van der Waals surface area contributed by atoms with Crippen molar-refractivity contribution in [2.45, 2.75) is 25.8 Å². The molecule has 2 aromatic rings. The Morgan fingerprint density at radius 3 is 2.33 bits per heavy atom. The van der Waals surface area contributed by atoms with Gasteiger partial charge in [0, 0.05) is 48.7 Å². The summed E-state index contributed by atoms with van der Waals surface area (Å²) in [5.41, 5.74) is 2.67. The lowest BCUT2D eigenvalue weighted by atomic mass is 10.1. The van der Waals surface area contributed by atoms with Gasteiger partial charge in [0.15, 0.2) is 0 Å². The summed E-state index contributed by atoms with van der Waals surface area (Å²) in [6, 6.07) is 15.3. The quantitative estimate of drug-likeness (QED) is 0.845. The Hall–Kier alpha value is -2.53. The van der Waals surface area contributed by atoms with Crippen molar-refractivity contribution >= 4 is 17.3 Å². The maximum atomic E-state index is 12.6. The summed E-state index contributed by atoms with van der Waals surface area (Å²) >= 11 is 0. The van der Waals surface area contributed by atoms with Gasteiger partial charge in [-0.15, -0.1) is 0 Å². The van der Waals surface area contributed by atoms with E-state index in [2.05, 4.69) is 30.8 Å². The monoisotopic (exact) mass is 367 g/mol. The van der Waals surface area contributed by atoms with Gasteiger partial charge >= 0.3 is 0 Å². The Morgan fingerprint density at radius 2 is 1.74 bits per heavy atom. The Morgan fingerprint density at radius 1 is 1.07 bits per heavy atom. The molecule has 2 aromatic carbocycles. The predicted molar refractivity (Wildman–Crippen MR) is 110 cm³/mol. The van der Waals surface area contributed by atoms with Crippen LogP contribution in [0.1, 0.15) is 30.1 Å². The number of carbonyl (C=O) groups excluding carboxylic acids is 1. The van der Waals surface area contributed by atoms with Gasteiger partial charge in [-0.2, -0.15) is 0 Å². The van der Waals surface area contributed by atoms with Crippen LogP contribution in [0.25, 0.3) is 0 Å². The Balaban J connectivity index is 1.88. The number of phenols is 1. The van der Waals surface area contributed by atoms with Crippen LogP contribution >= 0.6 is 0 Å². The van der Waals surface area contributed by atoms with E-state index in [0.717, 1.165) is 49.4 Å². The molecule has 1 aliphatic heterocycles. The molecule has 0 aromatic heterocycles. The highest BCUT2D eigenvalue weighted by molar-refractivity contribution is 5.94. The van der Waals surface area contributed by atoms with E-state index >= 15 is 0 Å². The number of carbonyl (C=O) groups is 1. The molecule has 0 aliphatic carbocycles. The number of rotatable bonds is 6. The van der Waals surface area contributed by atoms with Crippen molar-refractivity contribution in [3.8, 4) is 5.75 Å². The zero-order chi connectivity index (χ0) is 19.4. The van der Waals surface area contributed by atoms with Crippen molar-refractivity contribution in [1.29, 1.82) is 0 Å². The van der Waals surface area contributed by atoms with E-state index < -0.39 is 0 Å². The fourth-order valence-electron chi connectivity index (χ4n) is 3.78. The van der Waals surface area contributed by atoms with Gasteiger partial charge in [0.2, 0.25) is 0 Å². The average molecular weight is 367 g/mol. The average Bonchev–Trinajstić information content (AvgIpc) is 3.16. The largest absolute Gasteiger partial charge is 0.508 e. The summed E-state index contributed by atoms with van der Waals surface area (Å²) < 4.78 is 0. The van der Waals surface area contributed by atoms with E-state index in [9.17, 15) is 9.90 Å². The van der Waals surface area contributed by atoms with Crippen LogP contribution in [-0.2, 0) is 0 Å². The third-order valence-electron chi connectivity index (χ3n) is 4.96.